The van der Waals surface area contributed by atoms with Crippen LogP contribution in [0, 0.1) is 5.82 Å². The van der Waals surface area contributed by atoms with Crippen molar-refractivity contribution in [3.05, 3.63) is 35.6 Å². The molecule has 1 atom stereocenters. The molecule has 0 aliphatic carbocycles. The summed E-state index contributed by atoms with van der Waals surface area (Å²) in [6, 6.07) is 5.88. The molecule has 1 fully saturated rings. The Hall–Kier alpha value is -1.80. The maximum Gasteiger partial charge on any atom is 0.450 e. The molecule has 0 saturated carbocycles. The van der Waals surface area contributed by atoms with Crippen LogP contribution in [0.15, 0.2) is 29.3 Å². The first kappa shape index (κ1) is 18.5. The summed E-state index contributed by atoms with van der Waals surface area (Å²) >= 11 is 0. The molecule has 1 aliphatic heterocycles. The van der Waals surface area contributed by atoms with Gasteiger partial charge in [0.2, 0.25) is 5.78 Å². The van der Waals surface area contributed by atoms with Crippen LogP contribution in [0.4, 0.5) is 17.6 Å². The fourth-order valence-corrected chi connectivity index (χ4v) is 2.59. The number of ether oxygens (including phenoxy) is 1. The lowest BCUT2D eigenvalue weighted by Gasteiger charge is -2.31. The minimum absolute atomic E-state index is 0.119. The van der Waals surface area contributed by atoms with Gasteiger partial charge in [0.25, 0.3) is 0 Å². The molecule has 0 unspecified atom stereocenters. The molecule has 4 nitrogen and oxygen atoms in total. The summed E-state index contributed by atoms with van der Waals surface area (Å²) in [5.74, 6) is -2.17. The SMILES string of the molecule is O=C(CC=NC[C@@H](c1ccc(F)cc1)[NH+]1CCOCC1)C(F)(F)F. The first-order valence-corrected chi connectivity index (χ1v) is 7.64. The summed E-state index contributed by atoms with van der Waals surface area (Å²) in [6.45, 7) is 2.87. The van der Waals surface area contributed by atoms with E-state index in [1.165, 1.54) is 17.0 Å². The smallest absolute Gasteiger partial charge is 0.370 e. The van der Waals surface area contributed by atoms with Gasteiger partial charge in [0.15, 0.2) is 0 Å². The molecule has 1 aliphatic rings. The molecule has 0 aromatic heterocycles. The van der Waals surface area contributed by atoms with Gasteiger partial charge in [-0.3, -0.25) is 9.79 Å². The van der Waals surface area contributed by atoms with Gasteiger partial charge in [0, 0.05) is 11.8 Å². The molecule has 1 saturated heterocycles. The van der Waals surface area contributed by atoms with Crippen molar-refractivity contribution in [2.75, 3.05) is 32.8 Å². The standard InChI is InChI=1S/C16H18F4N2O2/c17-13-3-1-12(2-4-13)14(22-7-9-24-10-8-22)11-21-6-5-15(23)16(18,19)20/h1-4,6,14H,5,7-11H2/p+1/t14-/m0/s1. The number of aliphatic imine (C=N–C) groups is 1. The number of quaternary nitrogens is 1. The van der Waals surface area contributed by atoms with Crippen LogP contribution < -0.4 is 4.90 Å². The molecule has 1 aromatic carbocycles. The number of carbonyl (C=O) groups excluding carboxylic acids is 1. The van der Waals surface area contributed by atoms with Crippen LogP contribution in [-0.4, -0.2) is 51.0 Å². The highest BCUT2D eigenvalue weighted by atomic mass is 19.4. The highest BCUT2D eigenvalue weighted by Crippen LogP contribution is 2.17. The number of benzene rings is 1. The van der Waals surface area contributed by atoms with Gasteiger partial charge in [0.05, 0.1) is 26.2 Å². The zero-order chi connectivity index (χ0) is 17.6. The van der Waals surface area contributed by atoms with Gasteiger partial charge in [-0.05, 0) is 12.1 Å². The lowest BCUT2D eigenvalue weighted by atomic mass is 10.0. The molecule has 0 amide bonds. The van der Waals surface area contributed by atoms with Gasteiger partial charge >= 0.3 is 6.18 Å². The number of Topliss-reactive ketones (excluding diaryl/α,β-unsaturated/α-hetero) is 1. The number of hydrogen-bond acceptors (Lipinski definition) is 3. The van der Waals surface area contributed by atoms with Crippen LogP contribution >= 0.6 is 0 Å². The summed E-state index contributed by atoms with van der Waals surface area (Å²) in [7, 11) is 0. The molecule has 0 spiro atoms. The van der Waals surface area contributed by atoms with E-state index in [0.717, 1.165) is 24.9 Å². The number of nitrogens with one attached hydrogen (secondary N) is 1. The molecule has 0 bridgehead atoms. The lowest BCUT2D eigenvalue weighted by molar-refractivity contribution is -0.937. The quantitative estimate of drug-likeness (QED) is 0.624. The highest BCUT2D eigenvalue weighted by molar-refractivity contribution is 5.94. The number of alkyl halides is 3. The molecule has 1 aromatic rings. The minimum atomic E-state index is -4.84. The van der Waals surface area contributed by atoms with E-state index in [4.69, 9.17) is 4.74 Å². The van der Waals surface area contributed by atoms with Crippen molar-refractivity contribution < 1.29 is 32.0 Å². The van der Waals surface area contributed by atoms with Crippen LogP contribution in [0.2, 0.25) is 0 Å². The third kappa shape index (κ3) is 5.38. The van der Waals surface area contributed by atoms with Crippen molar-refractivity contribution in [3.8, 4) is 0 Å². The topological polar surface area (TPSA) is 43.1 Å². The van der Waals surface area contributed by atoms with Gasteiger partial charge in [-0.25, -0.2) is 4.39 Å². The number of carbonyl (C=O) groups is 1. The van der Waals surface area contributed by atoms with E-state index in [0.29, 0.717) is 13.2 Å². The Morgan fingerprint density at radius 1 is 1.25 bits per heavy atom. The summed E-state index contributed by atoms with van der Waals surface area (Å²) in [4.78, 5) is 16.0. The van der Waals surface area contributed by atoms with Crippen LogP contribution in [-0.2, 0) is 9.53 Å². The first-order chi connectivity index (χ1) is 11.4. The lowest BCUT2D eigenvalue weighted by Crippen LogP contribution is -3.14. The Morgan fingerprint density at radius 3 is 2.46 bits per heavy atom. The van der Waals surface area contributed by atoms with Gasteiger partial charge in [0.1, 0.15) is 24.9 Å². The zero-order valence-corrected chi connectivity index (χ0v) is 13.0. The molecule has 0 radical (unpaired) electrons. The largest absolute Gasteiger partial charge is 0.450 e. The van der Waals surface area contributed by atoms with E-state index in [2.05, 4.69) is 4.99 Å². The Labute approximate surface area is 137 Å². The maximum absolute atomic E-state index is 13.1. The average Bonchev–Trinajstić information content (AvgIpc) is 2.56. The fraction of sp³-hybridized carbons (Fsp3) is 0.500. The number of hydrogen-bond donors (Lipinski definition) is 1. The van der Waals surface area contributed by atoms with Crippen LogP contribution in [0.1, 0.15) is 18.0 Å². The monoisotopic (exact) mass is 347 g/mol. The van der Waals surface area contributed by atoms with Gasteiger partial charge < -0.3 is 9.64 Å². The molecule has 24 heavy (non-hydrogen) atoms. The second kappa shape index (κ2) is 8.34. The molecule has 2 rings (SSSR count). The zero-order valence-electron chi connectivity index (χ0n) is 13.0. The predicted octanol–water partition coefficient (Wildman–Crippen LogP) is 1.37. The average molecular weight is 347 g/mol. The predicted molar refractivity (Wildman–Crippen MR) is 79.7 cm³/mol. The Morgan fingerprint density at radius 2 is 1.88 bits per heavy atom. The van der Waals surface area contributed by atoms with Crippen molar-refractivity contribution in [1.82, 2.24) is 0 Å². The maximum atomic E-state index is 13.1. The van der Waals surface area contributed by atoms with Crippen molar-refractivity contribution in [1.29, 1.82) is 0 Å². The highest BCUT2D eigenvalue weighted by Gasteiger charge is 2.37. The number of ketones is 1. The van der Waals surface area contributed by atoms with Crippen LogP contribution in [0.3, 0.4) is 0 Å². The van der Waals surface area contributed by atoms with Gasteiger partial charge in [-0.2, -0.15) is 13.2 Å². The minimum Gasteiger partial charge on any atom is -0.370 e. The summed E-state index contributed by atoms with van der Waals surface area (Å²) in [6.07, 6.45) is -4.60. The van der Waals surface area contributed by atoms with Crippen LogP contribution in [0.5, 0.6) is 0 Å². The number of rotatable bonds is 6. The number of morpholine rings is 1. The van der Waals surface area contributed by atoms with Crippen molar-refractivity contribution in [3.63, 3.8) is 0 Å². The van der Waals surface area contributed by atoms with E-state index in [1.807, 2.05) is 0 Å². The second-order valence-electron chi connectivity index (χ2n) is 5.55. The molecular formula is C16H19F4N2O2+. The van der Waals surface area contributed by atoms with Crippen molar-refractivity contribution in [2.45, 2.75) is 18.6 Å². The Kier molecular flexibility index (Phi) is 6.44. The van der Waals surface area contributed by atoms with E-state index < -0.39 is 18.4 Å². The van der Waals surface area contributed by atoms with Crippen molar-refractivity contribution >= 4 is 12.0 Å². The van der Waals surface area contributed by atoms with Gasteiger partial charge in [-0.1, -0.05) is 12.1 Å². The molecule has 132 valence electrons. The molecule has 1 heterocycles. The summed E-state index contributed by atoms with van der Waals surface area (Å²) in [5, 5.41) is 0. The summed E-state index contributed by atoms with van der Waals surface area (Å²) < 4.78 is 54.9. The third-order valence-electron chi connectivity index (χ3n) is 3.91. The van der Waals surface area contributed by atoms with Crippen LogP contribution in [0.25, 0.3) is 0 Å². The normalized spacial score (nSPS) is 18.0. The van der Waals surface area contributed by atoms with E-state index >= 15 is 0 Å². The second-order valence-corrected chi connectivity index (χ2v) is 5.55. The van der Waals surface area contributed by atoms with E-state index in [9.17, 15) is 22.4 Å². The number of nitrogens with zero attached hydrogens (tertiary/aromatic N) is 1. The van der Waals surface area contributed by atoms with E-state index in [-0.39, 0.29) is 18.4 Å². The fourth-order valence-electron chi connectivity index (χ4n) is 2.59. The number of halogens is 4. The van der Waals surface area contributed by atoms with E-state index in [1.54, 1.807) is 12.1 Å². The molecule has 8 heteroatoms. The molecule has 1 N–H and O–H groups in total. The third-order valence-corrected chi connectivity index (χ3v) is 3.91. The Balaban J connectivity index is 2.03. The molecular weight excluding hydrogens is 328 g/mol. The summed E-state index contributed by atoms with van der Waals surface area (Å²) in [5.41, 5.74) is 0.854. The van der Waals surface area contributed by atoms with Gasteiger partial charge in [-0.15, -0.1) is 0 Å². The first-order valence-electron chi connectivity index (χ1n) is 7.64. The van der Waals surface area contributed by atoms with Crippen molar-refractivity contribution in [2.24, 2.45) is 4.99 Å². The Bertz CT molecular complexity index is 566.